The molecular formula is C12H15N3O2S. The van der Waals surface area contributed by atoms with E-state index < -0.39 is 0 Å². The minimum Gasteiger partial charge on any atom is -0.369 e. The van der Waals surface area contributed by atoms with E-state index in [1.165, 1.54) is 11.8 Å². The van der Waals surface area contributed by atoms with Crippen LogP contribution in [0.25, 0.3) is 0 Å². The minimum absolute atomic E-state index is 0.0233. The van der Waals surface area contributed by atoms with E-state index in [0.29, 0.717) is 12.3 Å². The third kappa shape index (κ3) is 3.24. The van der Waals surface area contributed by atoms with Crippen molar-refractivity contribution in [2.24, 2.45) is 5.73 Å². The number of benzene rings is 1. The van der Waals surface area contributed by atoms with Gasteiger partial charge in [-0.15, -0.1) is 11.8 Å². The molecule has 0 aromatic heterocycles. The summed E-state index contributed by atoms with van der Waals surface area (Å²) >= 11 is 1.54. The van der Waals surface area contributed by atoms with Crippen molar-refractivity contribution in [3.05, 3.63) is 23.8 Å². The Hall–Kier alpha value is -1.53. The van der Waals surface area contributed by atoms with Crippen molar-refractivity contribution >= 4 is 29.3 Å². The molecule has 5 nitrogen and oxygen atoms in total. The molecule has 0 saturated heterocycles. The number of amides is 2. The molecular weight excluding hydrogens is 250 g/mol. The third-order valence-corrected chi connectivity index (χ3v) is 3.63. The van der Waals surface area contributed by atoms with E-state index in [-0.39, 0.29) is 18.4 Å². The molecule has 2 amide bonds. The van der Waals surface area contributed by atoms with Crippen LogP contribution in [0.4, 0.5) is 5.69 Å². The summed E-state index contributed by atoms with van der Waals surface area (Å²) in [6, 6.07) is 5.94. The predicted molar refractivity (Wildman–Crippen MR) is 71.3 cm³/mol. The molecule has 3 N–H and O–H groups in total. The zero-order chi connectivity index (χ0) is 13.1. The number of carbonyl (C=O) groups is 2. The summed E-state index contributed by atoms with van der Waals surface area (Å²) < 4.78 is 0. The maximum Gasteiger partial charge on any atom is 0.234 e. The van der Waals surface area contributed by atoms with Crippen molar-refractivity contribution in [3.63, 3.8) is 0 Å². The second-order valence-electron chi connectivity index (χ2n) is 4.31. The molecule has 1 aromatic carbocycles. The van der Waals surface area contributed by atoms with Gasteiger partial charge in [-0.25, -0.2) is 0 Å². The van der Waals surface area contributed by atoms with Crippen LogP contribution in [0.1, 0.15) is 5.56 Å². The zero-order valence-corrected chi connectivity index (χ0v) is 10.9. The molecule has 0 saturated carbocycles. The Labute approximate surface area is 110 Å². The minimum atomic E-state index is -0.348. The number of hydrogen-bond donors (Lipinski definition) is 2. The molecule has 0 unspecified atom stereocenters. The van der Waals surface area contributed by atoms with Gasteiger partial charge in [-0.1, -0.05) is 6.07 Å². The lowest BCUT2D eigenvalue weighted by Gasteiger charge is -2.19. The normalized spacial score (nSPS) is 14.2. The lowest BCUT2D eigenvalue weighted by molar-refractivity contribution is -0.119. The molecule has 0 fully saturated rings. The van der Waals surface area contributed by atoms with Crippen molar-refractivity contribution < 1.29 is 9.59 Å². The second kappa shape index (κ2) is 5.41. The topological polar surface area (TPSA) is 75.4 Å². The van der Waals surface area contributed by atoms with Crippen LogP contribution in [0, 0.1) is 0 Å². The number of fused-ring (bicyclic) bond motifs is 1. The van der Waals surface area contributed by atoms with Crippen molar-refractivity contribution in [1.29, 1.82) is 0 Å². The van der Waals surface area contributed by atoms with Crippen molar-refractivity contribution in [3.8, 4) is 0 Å². The van der Waals surface area contributed by atoms with Gasteiger partial charge in [0, 0.05) is 11.4 Å². The van der Waals surface area contributed by atoms with E-state index >= 15 is 0 Å². The number of nitrogens with zero attached hydrogens (tertiary/aromatic N) is 1. The van der Waals surface area contributed by atoms with Gasteiger partial charge in [-0.2, -0.15) is 0 Å². The van der Waals surface area contributed by atoms with Crippen LogP contribution < -0.4 is 11.1 Å². The lowest BCUT2D eigenvalue weighted by Crippen LogP contribution is -2.30. The van der Waals surface area contributed by atoms with E-state index in [4.69, 9.17) is 5.73 Å². The SMILES string of the molecule is CN(CC(N)=O)Cc1ccc2c(c1)NC(=O)CS2. The molecule has 0 radical (unpaired) electrons. The Morgan fingerprint density at radius 3 is 3.06 bits per heavy atom. The first-order chi connectivity index (χ1) is 8.54. The van der Waals surface area contributed by atoms with Crippen molar-refractivity contribution in [2.75, 3.05) is 24.7 Å². The van der Waals surface area contributed by atoms with E-state index in [1.807, 2.05) is 30.1 Å². The smallest absolute Gasteiger partial charge is 0.234 e. The highest BCUT2D eigenvalue weighted by molar-refractivity contribution is 8.00. The standard InChI is InChI=1S/C12H15N3O2S/c1-15(6-11(13)16)5-8-2-3-10-9(4-8)14-12(17)7-18-10/h2-4H,5-7H2,1H3,(H2,13,16)(H,14,17). The lowest BCUT2D eigenvalue weighted by atomic mass is 10.2. The van der Waals surface area contributed by atoms with Gasteiger partial charge in [0.2, 0.25) is 11.8 Å². The third-order valence-electron chi connectivity index (χ3n) is 2.56. The maximum absolute atomic E-state index is 11.3. The molecule has 18 heavy (non-hydrogen) atoms. The zero-order valence-electron chi connectivity index (χ0n) is 10.1. The van der Waals surface area contributed by atoms with Gasteiger partial charge in [-0.05, 0) is 24.7 Å². The Balaban J connectivity index is 2.08. The van der Waals surface area contributed by atoms with Gasteiger partial charge >= 0.3 is 0 Å². The van der Waals surface area contributed by atoms with Gasteiger partial charge in [-0.3, -0.25) is 14.5 Å². The highest BCUT2D eigenvalue weighted by Crippen LogP contribution is 2.32. The molecule has 1 aromatic rings. The number of carbonyl (C=O) groups excluding carboxylic acids is 2. The molecule has 0 bridgehead atoms. The van der Waals surface area contributed by atoms with Gasteiger partial charge < -0.3 is 11.1 Å². The van der Waals surface area contributed by atoms with Crippen LogP contribution in [0.15, 0.2) is 23.1 Å². The Kier molecular flexibility index (Phi) is 3.88. The molecule has 1 aliphatic heterocycles. The van der Waals surface area contributed by atoms with Gasteiger partial charge in [0.1, 0.15) is 0 Å². The van der Waals surface area contributed by atoms with Crippen LogP contribution in [0.3, 0.4) is 0 Å². The number of nitrogens with one attached hydrogen (secondary N) is 1. The van der Waals surface area contributed by atoms with E-state index in [1.54, 1.807) is 0 Å². The van der Waals surface area contributed by atoms with Crippen molar-refractivity contribution in [1.82, 2.24) is 4.90 Å². The largest absolute Gasteiger partial charge is 0.369 e. The summed E-state index contributed by atoms with van der Waals surface area (Å²) in [6.45, 7) is 0.842. The van der Waals surface area contributed by atoms with Gasteiger partial charge in [0.05, 0.1) is 18.0 Å². The summed E-state index contributed by atoms with van der Waals surface area (Å²) in [5, 5.41) is 2.84. The van der Waals surface area contributed by atoms with E-state index in [0.717, 1.165) is 16.1 Å². The van der Waals surface area contributed by atoms with Gasteiger partial charge in [0.15, 0.2) is 0 Å². The first-order valence-electron chi connectivity index (χ1n) is 5.57. The average Bonchev–Trinajstić information content (AvgIpc) is 2.27. The number of hydrogen-bond acceptors (Lipinski definition) is 4. The first kappa shape index (κ1) is 12.9. The monoisotopic (exact) mass is 265 g/mol. The quantitative estimate of drug-likeness (QED) is 0.838. The predicted octanol–water partition coefficient (Wildman–Crippen LogP) is 0.648. The van der Waals surface area contributed by atoms with Crippen LogP contribution in [0.2, 0.25) is 0 Å². The van der Waals surface area contributed by atoms with E-state index in [2.05, 4.69) is 5.32 Å². The number of rotatable bonds is 4. The fourth-order valence-corrected chi connectivity index (χ4v) is 2.65. The number of anilines is 1. The Morgan fingerprint density at radius 1 is 1.56 bits per heavy atom. The fraction of sp³-hybridized carbons (Fsp3) is 0.333. The van der Waals surface area contributed by atoms with Gasteiger partial charge in [0.25, 0.3) is 0 Å². The Bertz CT molecular complexity index is 490. The first-order valence-corrected chi connectivity index (χ1v) is 6.55. The highest BCUT2D eigenvalue weighted by Gasteiger charge is 2.15. The number of thioether (sulfide) groups is 1. The van der Waals surface area contributed by atoms with E-state index in [9.17, 15) is 9.59 Å². The summed E-state index contributed by atoms with van der Waals surface area (Å²) in [5.74, 6) is 0.142. The number of nitrogens with two attached hydrogens (primary N) is 1. The van der Waals surface area contributed by atoms with Crippen LogP contribution in [-0.2, 0) is 16.1 Å². The molecule has 96 valence electrons. The molecule has 0 spiro atoms. The van der Waals surface area contributed by atoms with Crippen LogP contribution >= 0.6 is 11.8 Å². The number of likely N-dealkylation sites (N-methyl/N-ethyl adjacent to an activating group) is 1. The molecule has 1 heterocycles. The summed E-state index contributed by atoms with van der Waals surface area (Å²) in [4.78, 5) is 25.0. The molecule has 1 aliphatic rings. The maximum atomic E-state index is 11.3. The van der Waals surface area contributed by atoms with Crippen LogP contribution in [0.5, 0.6) is 0 Å². The second-order valence-corrected chi connectivity index (χ2v) is 5.32. The van der Waals surface area contributed by atoms with Crippen molar-refractivity contribution in [2.45, 2.75) is 11.4 Å². The summed E-state index contributed by atoms with van der Waals surface area (Å²) in [7, 11) is 1.83. The molecule has 6 heteroatoms. The fourth-order valence-electron chi connectivity index (χ4n) is 1.86. The number of primary amides is 1. The average molecular weight is 265 g/mol. The summed E-state index contributed by atoms with van der Waals surface area (Å²) in [6.07, 6.45) is 0. The Morgan fingerprint density at radius 2 is 2.33 bits per heavy atom. The molecule has 0 aliphatic carbocycles. The molecule has 0 atom stereocenters. The highest BCUT2D eigenvalue weighted by atomic mass is 32.2. The van der Waals surface area contributed by atoms with Crippen LogP contribution in [-0.4, -0.2) is 36.1 Å². The molecule has 2 rings (SSSR count). The summed E-state index contributed by atoms with van der Waals surface area (Å²) in [5.41, 5.74) is 7.03.